The first-order valence-corrected chi connectivity index (χ1v) is 8.29. The fourth-order valence-electron chi connectivity index (χ4n) is 3.34. The fraction of sp³-hybridized carbons (Fsp3) is 0.588. The van der Waals surface area contributed by atoms with Gasteiger partial charge >= 0.3 is 0 Å². The zero-order valence-electron chi connectivity index (χ0n) is 13.9. The minimum atomic E-state index is -0.599. The van der Waals surface area contributed by atoms with Crippen LogP contribution in [0.3, 0.4) is 0 Å². The quantitative estimate of drug-likeness (QED) is 0.887. The maximum Gasteiger partial charge on any atom is 0.263 e. The van der Waals surface area contributed by atoms with Gasteiger partial charge in [-0.1, -0.05) is 6.07 Å². The Labute approximate surface area is 148 Å². The smallest absolute Gasteiger partial charge is 0.263 e. The zero-order chi connectivity index (χ0) is 16.2. The highest BCUT2D eigenvalue weighted by Gasteiger charge is 2.33. The number of piperazine rings is 1. The molecule has 0 aromatic heterocycles. The lowest BCUT2D eigenvalue weighted by Gasteiger charge is -2.32. The molecule has 1 aromatic rings. The largest absolute Gasteiger partial charge is 0.481 e. The van der Waals surface area contributed by atoms with Gasteiger partial charge in [0.25, 0.3) is 5.91 Å². The van der Waals surface area contributed by atoms with Crippen molar-refractivity contribution in [2.75, 3.05) is 39.3 Å². The van der Waals surface area contributed by atoms with Gasteiger partial charge in [-0.15, -0.1) is 12.4 Å². The van der Waals surface area contributed by atoms with Crippen molar-refractivity contribution >= 4 is 18.3 Å². The van der Waals surface area contributed by atoms with Crippen molar-refractivity contribution in [3.05, 3.63) is 30.1 Å². The van der Waals surface area contributed by atoms with Crippen molar-refractivity contribution in [1.82, 2.24) is 15.1 Å². The highest BCUT2D eigenvalue weighted by molar-refractivity contribution is 5.85. The lowest BCUT2D eigenvalue weighted by Crippen LogP contribution is -2.50. The summed E-state index contributed by atoms with van der Waals surface area (Å²) in [6, 6.07) is 6.36. The van der Waals surface area contributed by atoms with Gasteiger partial charge in [-0.05, 0) is 25.5 Å². The number of nitrogens with zero attached hydrogens (tertiary/aromatic N) is 2. The molecule has 5 nitrogen and oxygen atoms in total. The second kappa shape index (κ2) is 8.65. The predicted molar refractivity (Wildman–Crippen MR) is 93.2 cm³/mol. The molecule has 2 saturated heterocycles. The number of hydrogen-bond acceptors (Lipinski definition) is 4. The van der Waals surface area contributed by atoms with Crippen LogP contribution in [0.15, 0.2) is 24.3 Å². The van der Waals surface area contributed by atoms with E-state index in [0.29, 0.717) is 11.8 Å². The van der Waals surface area contributed by atoms with Crippen molar-refractivity contribution in [3.63, 3.8) is 0 Å². The molecular formula is C17H25ClFN3O2. The van der Waals surface area contributed by atoms with Gasteiger partial charge in [0.15, 0.2) is 6.10 Å². The van der Waals surface area contributed by atoms with Crippen LogP contribution in [0.5, 0.6) is 5.75 Å². The molecular weight excluding hydrogens is 333 g/mol. The minimum absolute atomic E-state index is 0. The molecule has 2 fully saturated rings. The molecule has 24 heavy (non-hydrogen) atoms. The van der Waals surface area contributed by atoms with Gasteiger partial charge in [-0.3, -0.25) is 9.69 Å². The third kappa shape index (κ3) is 4.59. The number of benzene rings is 1. The Morgan fingerprint density at radius 3 is 2.79 bits per heavy atom. The van der Waals surface area contributed by atoms with E-state index in [-0.39, 0.29) is 24.1 Å². The molecule has 2 aliphatic heterocycles. The monoisotopic (exact) mass is 357 g/mol. The van der Waals surface area contributed by atoms with E-state index in [4.69, 9.17) is 4.74 Å². The van der Waals surface area contributed by atoms with Crippen molar-refractivity contribution in [2.45, 2.75) is 25.5 Å². The van der Waals surface area contributed by atoms with Gasteiger partial charge < -0.3 is 15.0 Å². The molecule has 0 radical (unpaired) electrons. The number of hydrogen-bond donors (Lipinski definition) is 1. The van der Waals surface area contributed by atoms with E-state index < -0.39 is 6.10 Å². The number of likely N-dealkylation sites (tertiary alicyclic amines) is 1. The standard InChI is InChI=1S/C17H24FN3O2.ClH/c1-13(23-16-4-2-3-14(18)11-16)17(22)21-8-5-15(12-21)20-9-6-19-7-10-20;/h2-4,11,13,15,19H,5-10,12H2,1H3;1H. The molecule has 0 spiro atoms. The summed E-state index contributed by atoms with van der Waals surface area (Å²) in [4.78, 5) is 16.9. The van der Waals surface area contributed by atoms with Crippen LogP contribution in [-0.4, -0.2) is 67.1 Å². The number of ether oxygens (including phenoxy) is 1. The minimum Gasteiger partial charge on any atom is -0.481 e. The summed E-state index contributed by atoms with van der Waals surface area (Å²) in [7, 11) is 0. The van der Waals surface area contributed by atoms with E-state index >= 15 is 0 Å². The molecule has 2 atom stereocenters. The molecule has 3 rings (SSSR count). The topological polar surface area (TPSA) is 44.8 Å². The summed E-state index contributed by atoms with van der Waals surface area (Å²) in [6.45, 7) is 7.38. The van der Waals surface area contributed by atoms with Crippen molar-refractivity contribution in [3.8, 4) is 5.75 Å². The first-order chi connectivity index (χ1) is 11.1. The number of carbonyl (C=O) groups excluding carboxylic acids is 1. The van der Waals surface area contributed by atoms with Gasteiger partial charge in [-0.25, -0.2) is 4.39 Å². The van der Waals surface area contributed by atoms with Crippen LogP contribution in [0.1, 0.15) is 13.3 Å². The molecule has 1 aromatic carbocycles. The van der Waals surface area contributed by atoms with Crippen LogP contribution >= 0.6 is 12.4 Å². The molecule has 0 aliphatic carbocycles. The molecule has 1 N–H and O–H groups in total. The molecule has 7 heteroatoms. The molecule has 1 amide bonds. The SMILES string of the molecule is CC(Oc1cccc(F)c1)C(=O)N1CCC(N2CCNCC2)C1.Cl. The lowest BCUT2D eigenvalue weighted by atomic mass is 10.2. The Morgan fingerprint density at radius 2 is 2.08 bits per heavy atom. The van der Waals surface area contributed by atoms with Crippen LogP contribution in [-0.2, 0) is 4.79 Å². The van der Waals surface area contributed by atoms with E-state index in [1.54, 1.807) is 19.1 Å². The first kappa shape index (κ1) is 19.0. The van der Waals surface area contributed by atoms with E-state index in [0.717, 1.165) is 45.7 Å². The van der Waals surface area contributed by atoms with Gasteiger partial charge in [0, 0.05) is 51.4 Å². The molecule has 0 bridgehead atoms. The third-order valence-electron chi connectivity index (χ3n) is 4.60. The average molecular weight is 358 g/mol. The Hall–Kier alpha value is -1.37. The number of halogens is 2. The zero-order valence-corrected chi connectivity index (χ0v) is 14.7. The van der Waals surface area contributed by atoms with Crippen LogP contribution in [0, 0.1) is 5.82 Å². The lowest BCUT2D eigenvalue weighted by molar-refractivity contribution is -0.137. The molecule has 2 heterocycles. The molecule has 0 saturated carbocycles. The predicted octanol–water partition coefficient (Wildman–Crippen LogP) is 1.52. The van der Waals surface area contributed by atoms with Gasteiger partial charge in [-0.2, -0.15) is 0 Å². The number of carbonyl (C=O) groups is 1. The van der Waals surface area contributed by atoms with E-state index in [1.807, 2.05) is 4.90 Å². The van der Waals surface area contributed by atoms with E-state index in [1.165, 1.54) is 12.1 Å². The summed E-state index contributed by atoms with van der Waals surface area (Å²) in [5.41, 5.74) is 0. The molecule has 134 valence electrons. The summed E-state index contributed by atoms with van der Waals surface area (Å²) in [5, 5.41) is 3.35. The molecule has 2 aliphatic rings. The van der Waals surface area contributed by atoms with Crippen molar-refractivity contribution < 1.29 is 13.9 Å². The summed E-state index contributed by atoms with van der Waals surface area (Å²) in [5.74, 6) is 0.0118. The Morgan fingerprint density at radius 1 is 1.33 bits per heavy atom. The maximum absolute atomic E-state index is 13.2. The number of nitrogens with one attached hydrogen (secondary N) is 1. The van der Waals surface area contributed by atoms with Crippen LogP contribution in [0.2, 0.25) is 0 Å². The van der Waals surface area contributed by atoms with Crippen LogP contribution in [0.4, 0.5) is 4.39 Å². The second-order valence-electron chi connectivity index (χ2n) is 6.23. The van der Waals surface area contributed by atoms with Crippen molar-refractivity contribution in [1.29, 1.82) is 0 Å². The third-order valence-corrected chi connectivity index (χ3v) is 4.60. The maximum atomic E-state index is 13.2. The van der Waals surface area contributed by atoms with E-state index in [2.05, 4.69) is 10.2 Å². The second-order valence-corrected chi connectivity index (χ2v) is 6.23. The summed E-state index contributed by atoms with van der Waals surface area (Å²) < 4.78 is 18.8. The van der Waals surface area contributed by atoms with Crippen LogP contribution < -0.4 is 10.1 Å². The number of rotatable bonds is 4. The summed E-state index contributed by atoms with van der Waals surface area (Å²) >= 11 is 0. The Balaban J connectivity index is 0.00000208. The highest BCUT2D eigenvalue weighted by atomic mass is 35.5. The average Bonchev–Trinajstić information content (AvgIpc) is 3.05. The van der Waals surface area contributed by atoms with Gasteiger partial charge in [0.2, 0.25) is 0 Å². The van der Waals surface area contributed by atoms with Gasteiger partial charge in [0.1, 0.15) is 11.6 Å². The Kier molecular flexibility index (Phi) is 6.83. The fourth-order valence-corrected chi connectivity index (χ4v) is 3.34. The Bertz CT molecular complexity index is 554. The first-order valence-electron chi connectivity index (χ1n) is 8.29. The summed E-state index contributed by atoms with van der Waals surface area (Å²) in [6.07, 6.45) is 0.414. The van der Waals surface area contributed by atoms with E-state index in [9.17, 15) is 9.18 Å². The van der Waals surface area contributed by atoms with Gasteiger partial charge in [0.05, 0.1) is 0 Å². The van der Waals surface area contributed by atoms with Crippen molar-refractivity contribution in [2.24, 2.45) is 0 Å². The number of amides is 1. The normalized spacial score (nSPS) is 22.8. The molecule has 2 unspecified atom stereocenters. The highest BCUT2D eigenvalue weighted by Crippen LogP contribution is 2.19. The van der Waals surface area contributed by atoms with Crippen LogP contribution in [0.25, 0.3) is 0 Å².